The molecule has 43 heavy (non-hydrogen) atoms. The van der Waals surface area contributed by atoms with Gasteiger partial charge in [0.05, 0.1) is 33.9 Å². The van der Waals surface area contributed by atoms with E-state index in [2.05, 4.69) is 10.3 Å². The van der Waals surface area contributed by atoms with Gasteiger partial charge in [-0.2, -0.15) is 0 Å². The lowest BCUT2D eigenvalue weighted by Crippen LogP contribution is -2.40. The fraction of sp³-hybridized carbons (Fsp3) is 0.0938. The molecule has 2 aromatic heterocycles. The number of para-hydroxylation sites is 1. The van der Waals surface area contributed by atoms with E-state index in [0.29, 0.717) is 49.1 Å². The first-order valence-corrected chi connectivity index (χ1v) is 14.0. The number of fused-ring (bicyclic) bond motifs is 1. The van der Waals surface area contributed by atoms with Gasteiger partial charge in [-0.15, -0.1) is 0 Å². The molecule has 0 spiro atoms. The predicted octanol–water partition coefficient (Wildman–Crippen LogP) is 5.05. The Hall–Kier alpha value is -5.55. The number of hydrogen-bond donors (Lipinski definition) is 1. The minimum atomic E-state index is -0.736. The van der Waals surface area contributed by atoms with E-state index in [1.165, 1.54) is 28.0 Å². The number of allylic oxidation sites excluding steroid dienone is 1. The number of nitrogens with zero attached hydrogens (tertiary/aromatic N) is 3. The minimum Gasteiger partial charge on any atom is -0.497 e. The summed E-state index contributed by atoms with van der Waals surface area (Å²) in [7, 11) is 1.57. The molecule has 3 aromatic carbocycles. The van der Waals surface area contributed by atoms with Gasteiger partial charge in [-0.25, -0.2) is 4.99 Å². The zero-order chi connectivity index (χ0) is 30.1. The molecular formula is C32H24N4O6S. The first-order chi connectivity index (χ1) is 20.8. The van der Waals surface area contributed by atoms with E-state index in [1.807, 2.05) is 30.3 Å². The molecule has 1 amide bonds. The molecule has 214 valence electrons. The molecule has 0 saturated carbocycles. The van der Waals surface area contributed by atoms with Crippen molar-refractivity contribution in [3.63, 3.8) is 0 Å². The highest BCUT2D eigenvalue weighted by Crippen LogP contribution is 2.32. The Kier molecular flexibility index (Phi) is 7.31. The van der Waals surface area contributed by atoms with E-state index in [9.17, 15) is 19.7 Å². The second-order valence-corrected chi connectivity index (χ2v) is 10.7. The standard InChI is InChI=1S/C32H24N4O6S/c1-19-28(30(37)34-22-6-4-3-5-7-22)29(21-10-14-24(41-2)15-11-21)35-31(38)27(43-32(35)33-19)18-25-16-17-26(42-25)20-8-12-23(13-9-20)36(39)40/h3-18,29H,1-2H3,(H,34,37)/b27-18+/t29-/m0/s1. The van der Waals surface area contributed by atoms with Crippen LogP contribution >= 0.6 is 11.3 Å². The molecule has 1 aliphatic rings. The number of methoxy groups -OCH3 is 1. The molecule has 0 bridgehead atoms. The number of aromatic nitrogens is 1. The Morgan fingerprint density at radius 3 is 2.44 bits per heavy atom. The van der Waals surface area contributed by atoms with E-state index in [1.54, 1.807) is 68.6 Å². The molecule has 0 radical (unpaired) electrons. The van der Waals surface area contributed by atoms with Crippen molar-refractivity contribution in [2.45, 2.75) is 13.0 Å². The molecule has 6 rings (SSSR count). The van der Waals surface area contributed by atoms with Crippen LogP contribution in [-0.2, 0) is 4.79 Å². The van der Waals surface area contributed by atoms with Crippen LogP contribution in [0.25, 0.3) is 17.4 Å². The van der Waals surface area contributed by atoms with Crippen LogP contribution in [-0.4, -0.2) is 22.5 Å². The van der Waals surface area contributed by atoms with Gasteiger partial charge >= 0.3 is 0 Å². The number of carbonyl (C=O) groups is 1. The second-order valence-electron chi connectivity index (χ2n) is 9.68. The number of thiazole rings is 1. The maximum Gasteiger partial charge on any atom is 0.271 e. The number of non-ortho nitro benzene ring substituents is 1. The molecule has 0 fully saturated rings. The maximum atomic E-state index is 13.9. The van der Waals surface area contributed by atoms with E-state index in [4.69, 9.17) is 9.15 Å². The second kappa shape index (κ2) is 11.4. The van der Waals surface area contributed by atoms with Gasteiger partial charge in [-0.05, 0) is 61.0 Å². The average Bonchev–Trinajstić information content (AvgIpc) is 3.61. The van der Waals surface area contributed by atoms with Gasteiger partial charge < -0.3 is 14.5 Å². The van der Waals surface area contributed by atoms with Crippen LogP contribution in [0.1, 0.15) is 24.3 Å². The first kappa shape index (κ1) is 27.6. The molecule has 0 unspecified atom stereocenters. The summed E-state index contributed by atoms with van der Waals surface area (Å²) in [4.78, 5) is 43.2. The summed E-state index contributed by atoms with van der Waals surface area (Å²) in [6.45, 7) is 1.76. The smallest absolute Gasteiger partial charge is 0.271 e. The normalized spacial score (nSPS) is 14.7. The topological polar surface area (TPSA) is 129 Å². The number of anilines is 1. The molecule has 1 atom stereocenters. The third-order valence-electron chi connectivity index (χ3n) is 6.99. The Bertz CT molecular complexity index is 2060. The van der Waals surface area contributed by atoms with Crippen LogP contribution in [0.3, 0.4) is 0 Å². The van der Waals surface area contributed by atoms with Gasteiger partial charge in [0.25, 0.3) is 17.2 Å². The molecule has 1 N–H and O–H groups in total. The van der Waals surface area contributed by atoms with Crippen molar-refractivity contribution < 1.29 is 18.9 Å². The lowest BCUT2D eigenvalue weighted by Gasteiger charge is -2.25. The summed E-state index contributed by atoms with van der Waals surface area (Å²) in [5.74, 6) is 1.22. The van der Waals surface area contributed by atoms with Crippen molar-refractivity contribution in [1.82, 2.24) is 4.57 Å². The fourth-order valence-electron chi connectivity index (χ4n) is 4.90. The number of furan rings is 1. The van der Waals surface area contributed by atoms with Gasteiger partial charge in [0.1, 0.15) is 17.3 Å². The molecule has 5 aromatic rings. The Labute approximate surface area is 248 Å². The van der Waals surface area contributed by atoms with Gasteiger partial charge in [-0.1, -0.05) is 41.7 Å². The number of nitrogens with one attached hydrogen (secondary N) is 1. The number of benzene rings is 3. The van der Waals surface area contributed by atoms with Crippen molar-refractivity contribution in [1.29, 1.82) is 0 Å². The lowest BCUT2D eigenvalue weighted by molar-refractivity contribution is -0.384. The zero-order valence-electron chi connectivity index (χ0n) is 23.0. The molecule has 0 aliphatic carbocycles. The van der Waals surface area contributed by atoms with Gasteiger partial charge in [0, 0.05) is 29.5 Å². The molecule has 1 aliphatic heterocycles. The summed E-state index contributed by atoms with van der Waals surface area (Å²) >= 11 is 1.20. The summed E-state index contributed by atoms with van der Waals surface area (Å²) < 4.78 is 13.2. The Balaban J connectivity index is 1.42. The Morgan fingerprint density at radius 2 is 1.77 bits per heavy atom. The van der Waals surface area contributed by atoms with E-state index >= 15 is 0 Å². The predicted molar refractivity (Wildman–Crippen MR) is 163 cm³/mol. The molecular weight excluding hydrogens is 568 g/mol. The SMILES string of the molecule is COc1ccc([C@H]2C(C(=O)Nc3ccccc3)=C(C)N=c3s/c(=C/c4ccc(-c5ccc([N+](=O)[O-])cc5)o4)c(=O)n32)cc1. The number of nitro benzene ring substituents is 1. The number of nitro groups is 1. The van der Waals surface area contributed by atoms with Crippen LogP contribution in [0.15, 0.2) is 116 Å². The van der Waals surface area contributed by atoms with Crippen molar-refractivity contribution in [3.05, 3.63) is 143 Å². The molecule has 3 heterocycles. The largest absolute Gasteiger partial charge is 0.497 e. The van der Waals surface area contributed by atoms with Gasteiger partial charge in [-0.3, -0.25) is 24.3 Å². The maximum absolute atomic E-state index is 13.9. The molecule has 11 heteroatoms. The number of amides is 1. The monoisotopic (exact) mass is 592 g/mol. The highest BCUT2D eigenvalue weighted by Gasteiger charge is 2.32. The quantitative estimate of drug-likeness (QED) is 0.208. The van der Waals surface area contributed by atoms with E-state index < -0.39 is 11.0 Å². The highest BCUT2D eigenvalue weighted by atomic mass is 32.1. The number of rotatable bonds is 7. The van der Waals surface area contributed by atoms with Crippen LogP contribution in [0, 0.1) is 10.1 Å². The molecule has 10 nitrogen and oxygen atoms in total. The zero-order valence-corrected chi connectivity index (χ0v) is 23.8. The first-order valence-electron chi connectivity index (χ1n) is 13.2. The average molecular weight is 593 g/mol. The third-order valence-corrected chi connectivity index (χ3v) is 7.98. The fourth-order valence-corrected chi connectivity index (χ4v) is 5.92. The van der Waals surface area contributed by atoms with Crippen LogP contribution < -0.4 is 24.9 Å². The summed E-state index contributed by atoms with van der Waals surface area (Å²) in [6.07, 6.45) is 1.63. The Morgan fingerprint density at radius 1 is 1.05 bits per heavy atom. The number of ether oxygens (including phenoxy) is 1. The van der Waals surface area contributed by atoms with E-state index in [0.717, 1.165) is 5.56 Å². The van der Waals surface area contributed by atoms with Crippen molar-refractivity contribution in [2.24, 2.45) is 4.99 Å². The minimum absolute atomic E-state index is 0.0184. The summed E-state index contributed by atoms with van der Waals surface area (Å²) in [5, 5.41) is 13.9. The van der Waals surface area contributed by atoms with Crippen LogP contribution in [0.4, 0.5) is 11.4 Å². The van der Waals surface area contributed by atoms with Crippen LogP contribution in [0.5, 0.6) is 5.75 Å². The van der Waals surface area contributed by atoms with Crippen LogP contribution in [0.2, 0.25) is 0 Å². The van der Waals surface area contributed by atoms with E-state index in [-0.39, 0.29) is 17.2 Å². The van der Waals surface area contributed by atoms with Crippen molar-refractivity contribution in [2.75, 3.05) is 12.4 Å². The number of hydrogen-bond acceptors (Lipinski definition) is 8. The van der Waals surface area contributed by atoms with Gasteiger partial charge in [0.2, 0.25) is 0 Å². The third kappa shape index (κ3) is 5.41. The van der Waals surface area contributed by atoms with Gasteiger partial charge in [0.15, 0.2) is 4.80 Å². The number of carbonyl (C=O) groups excluding carboxylic acids is 1. The summed E-state index contributed by atoms with van der Waals surface area (Å²) in [5.41, 5.74) is 2.52. The summed E-state index contributed by atoms with van der Waals surface area (Å²) in [6, 6.07) is 25.1. The lowest BCUT2D eigenvalue weighted by atomic mass is 9.95. The van der Waals surface area contributed by atoms with Crippen molar-refractivity contribution >= 4 is 34.7 Å². The van der Waals surface area contributed by atoms with Crippen molar-refractivity contribution in [3.8, 4) is 17.1 Å². The highest BCUT2D eigenvalue weighted by molar-refractivity contribution is 7.07. The molecule has 0 saturated heterocycles.